The van der Waals surface area contributed by atoms with E-state index in [9.17, 15) is 9.90 Å². The molecule has 0 bridgehead atoms. The van der Waals surface area contributed by atoms with Gasteiger partial charge in [0, 0.05) is 69.3 Å². The van der Waals surface area contributed by atoms with E-state index in [2.05, 4.69) is 96.1 Å². The molecule has 1 N–H and O–H groups in total. The van der Waals surface area contributed by atoms with Crippen LogP contribution in [0.5, 0.6) is 0 Å². The van der Waals surface area contributed by atoms with E-state index in [1.165, 1.54) is 37.6 Å². The van der Waals surface area contributed by atoms with E-state index < -0.39 is 0 Å². The first-order chi connectivity index (χ1) is 24.5. The number of fused-ring (bicyclic) bond motifs is 5. The molecule has 3 heterocycles. The van der Waals surface area contributed by atoms with Gasteiger partial charge in [0.2, 0.25) is 0 Å². The Morgan fingerprint density at radius 2 is 1.53 bits per heavy atom. The zero-order valence-electron chi connectivity index (χ0n) is 33.8. The van der Waals surface area contributed by atoms with Crippen molar-refractivity contribution in [3.05, 3.63) is 88.6 Å². The molecule has 0 unspecified atom stereocenters. The Balaban J connectivity index is 0.000000299. The number of allylic oxidation sites excluding steroid dienone is 2. The molecule has 6 rings (SSSR count). The summed E-state index contributed by atoms with van der Waals surface area (Å²) in [6.07, 6.45) is 7.78. The first-order valence-electron chi connectivity index (χ1n) is 19.1. The molecule has 0 fully saturated rings. The number of hydrogen-bond donors (Lipinski definition) is 1. The van der Waals surface area contributed by atoms with E-state index in [1.807, 2.05) is 59.1 Å². The first-order valence-corrected chi connectivity index (χ1v) is 20.0. The monoisotopic (exact) mass is 909 g/mol. The van der Waals surface area contributed by atoms with Crippen molar-refractivity contribution < 1.29 is 34.4 Å². The molecule has 3 aromatic carbocycles. The molecule has 0 amide bonds. The number of pyridine rings is 1. The van der Waals surface area contributed by atoms with E-state index >= 15 is 0 Å². The second-order valence-corrected chi connectivity index (χ2v) is 17.7. The SMILES string of the molecule is CCC(C)(CC)C(=O)/C=C(\O)C(C)(CC)CC.Cc1c(CC(C)C)sc2cc3c(cc12)oc1c(-c2[c-]c4ccccc4c(C(C)(C)C)c2)nccc13.[Ir]. The minimum atomic E-state index is -0.337. The number of aromatic nitrogens is 1. The molecule has 6 heteroatoms. The summed E-state index contributed by atoms with van der Waals surface area (Å²) in [5, 5.41) is 16.1. The number of thiophene rings is 1. The van der Waals surface area contributed by atoms with Gasteiger partial charge in [0.25, 0.3) is 0 Å². The summed E-state index contributed by atoms with van der Waals surface area (Å²) in [6, 6.07) is 21.0. The molecule has 4 nitrogen and oxygen atoms in total. The quantitative estimate of drug-likeness (QED) is 0.0845. The Morgan fingerprint density at radius 3 is 2.13 bits per heavy atom. The molecular formula is C47H58IrNO3S-. The minimum Gasteiger partial charge on any atom is -0.512 e. The summed E-state index contributed by atoms with van der Waals surface area (Å²) in [4.78, 5) is 18.5. The van der Waals surface area contributed by atoms with E-state index in [1.54, 1.807) is 0 Å². The third-order valence-electron chi connectivity index (χ3n) is 11.6. The third-order valence-corrected chi connectivity index (χ3v) is 12.9. The van der Waals surface area contributed by atoms with Crippen molar-refractivity contribution in [2.24, 2.45) is 16.7 Å². The van der Waals surface area contributed by atoms with Crippen LogP contribution in [0.1, 0.15) is 118 Å². The van der Waals surface area contributed by atoms with Gasteiger partial charge in [-0.15, -0.1) is 40.5 Å². The molecule has 0 atom stereocenters. The van der Waals surface area contributed by atoms with Crippen LogP contribution in [-0.2, 0) is 36.7 Å². The fourth-order valence-electron chi connectivity index (χ4n) is 6.88. The van der Waals surface area contributed by atoms with Crippen LogP contribution >= 0.6 is 11.3 Å². The zero-order chi connectivity index (χ0) is 38.2. The maximum atomic E-state index is 12.2. The van der Waals surface area contributed by atoms with Gasteiger partial charge in [0.1, 0.15) is 16.9 Å². The van der Waals surface area contributed by atoms with Gasteiger partial charge in [-0.2, -0.15) is 0 Å². The molecule has 0 aliphatic rings. The van der Waals surface area contributed by atoms with Crippen LogP contribution in [0.15, 0.2) is 71.0 Å². The van der Waals surface area contributed by atoms with E-state index in [4.69, 9.17) is 9.40 Å². The maximum Gasteiger partial charge on any atom is 0.164 e. The summed E-state index contributed by atoms with van der Waals surface area (Å²) in [7, 11) is 0. The van der Waals surface area contributed by atoms with Crippen molar-refractivity contribution in [2.45, 2.75) is 121 Å². The normalized spacial score (nSPS) is 12.8. The van der Waals surface area contributed by atoms with Crippen molar-refractivity contribution in [1.82, 2.24) is 4.98 Å². The Morgan fingerprint density at radius 1 is 0.887 bits per heavy atom. The number of carbonyl (C=O) groups is 1. The molecule has 0 aliphatic carbocycles. The Labute approximate surface area is 334 Å². The molecule has 0 aliphatic heterocycles. The molecule has 0 saturated carbocycles. The van der Waals surface area contributed by atoms with Crippen LogP contribution in [0.4, 0.5) is 0 Å². The van der Waals surface area contributed by atoms with Gasteiger partial charge in [0.05, 0.1) is 0 Å². The van der Waals surface area contributed by atoms with Gasteiger partial charge >= 0.3 is 0 Å². The standard InChI is InChI=1S/C32H30NOS.C15H28O2.Ir/c1-18(2)13-28-19(3)24-16-27-25(17-29(24)35-28)23-11-12-33-30(31(23)34-27)21-14-20-9-7-8-10-22(20)26(15-21)32(4,5)6;1-7-14(5,8-2)12(16)11-13(17)15(6,9-3)10-4;/h7-12,15-18H,13H2,1-6H3;11,16H,7-10H2,1-6H3;/q-1;;/b;12-11-;. The molecule has 0 saturated heterocycles. The number of ketones is 1. The van der Waals surface area contributed by atoms with E-state index in [-0.39, 0.29) is 47.9 Å². The van der Waals surface area contributed by atoms with Crippen LogP contribution in [-0.4, -0.2) is 15.9 Å². The molecule has 285 valence electrons. The Kier molecular flexibility index (Phi) is 13.3. The number of rotatable bonds is 10. The average molecular weight is 909 g/mol. The molecule has 6 aromatic rings. The molecule has 53 heavy (non-hydrogen) atoms. The van der Waals surface area contributed by atoms with Gasteiger partial charge in [-0.05, 0) is 79.5 Å². The van der Waals surface area contributed by atoms with Crippen LogP contribution in [0.3, 0.4) is 0 Å². The molecular weight excluding hydrogens is 851 g/mol. The summed E-state index contributed by atoms with van der Waals surface area (Å²) in [5.41, 5.74) is 5.69. The fourth-order valence-corrected chi connectivity index (χ4v) is 8.33. The average Bonchev–Trinajstić information content (AvgIpc) is 3.64. The summed E-state index contributed by atoms with van der Waals surface area (Å²) in [5.74, 6) is 0.934. The van der Waals surface area contributed by atoms with E-state index in [0.29, 0.717) is 5.92 Å². The van der Waals surface area contributed by atoms with Gasteiger partial charge in [0.15, 0.2) is 5.78 Å². The number of aliphatic hydroxyl groups excluding tert-OH is 1. The maximum absolute atomic E-state index is 12.2. The largest absolute Gasteiger partial charge is 0.512 e. The number of benzene rings is 3. The minimum absolute atomic E-state index is 0. The van der Waals surface area contributed by atoms with Crippen molar-refractivity contribution in [3.63, 3.8) is 0 Å². The predicted octanol–water partition coefficient (Wildman–Crippen LogP) is 14.3. The second-order valence-electron chi connectivity index (χ2n) is 16.6. The van der Waals surface area contributed by atoms with Crippen molar-refractivity contribution in [1.29, 1.82) is 0 Å². The Hall–Kier alpha value is -3.31. The second kappa shape index (κ2) is 16.6. The smallest absolute Gasteiger partial charge is 0.164 e. The topological polar surface area (TPSA) is 63.3 Å². The number of carbonyl (C=O) groups excluding carboxylic acids is 1. The van der Waals surface area contributed by atoms with Gasteiger partial charge in [-0.25, -0.2) is 0 Å². The van der Waals surface area contributed by atoms with Crippen LogP contribution in [0, 0.1) is 29.7 Å². The van der Waals surface area contributed by atoms with Gasteiger partial charge in [-0.1, -0.05) is 105 Å². The molecule has 0 spiro atoms. The van der Waals surface area contributed by atoms with Crippen LogP contribution < -0.4 is 0 Å². The van der Waals surface area contributed by atoms with Gasteiger partial charge < -0.3 is 9.52 Å². The fraction of sp³-hybridized carbons (Fsp3) is 0.447. The Bertz CT molecular complexity index is 2260. The number of nitrogens with zero attached hydrogens (tertiary/aromatic N) is 1. The summed E-state index contributed by atoms with van der Waals surface area (Å²) < 4.78 is 7.88. The number of aryl methyl sites for hydroxylation is 1. The molecule has 1 radical (unpaired) electrons. The number of furan rings is 1. The third kappa shape index (κ3) is 8.51. The predicted molar refractivity (Wildman–Crippen MR) is 224 cm³/mol. The molecule has 3 aromatic heterocycles. The number of aliphatic hydroxyl groups is 1. The van der Waals surface area contributed by atoms with Gasteiger partial charge in [-0.3, -0.25) is 9.78 Å². The van der Waals surface area contributed by atoms with Crippen molar-refractivity contribution in [3.8, 4) is 11.3 Å². The number of hydrogen-bond acceptors (Lipinski definition) is 5. The summed E-state index contributed by atoms with van der Waals surface area (Å²) >= 11 is 1.92. The van der Waals surface area contributed by atoms with E-state index in [0.717, 1.165) is 70.7 Å². The van der Waals surface area contributed by atoms with Crippen LogP contribution in [0.25, 0.3) is 54.1 Å². The first kappa shape index (κ1) is 42.4. The summed E-state index contributed by atoms with van der Waals surface area (Å²) in [6.45, 7) is 25.7. The zero-order valence-corrected chi connectivity index (χ0v) is 37.1. The van der Waals surface area contributed by atoms with Crippen LogP contribution in [0.2, 0.25) is 0 Å². The van der Waals surface area contributed by atoms with Crippen molar-refractivity contribution in [2.75, 3.05) is 0 Å². The van der Waals surface area contributed by atoms with Crippen molar-refractivity contribution >= 4 is 59.9 Å².